The molecule has 0 heterocycles. The van der Waals surface area contributed by atoms with E-state index < -0.39 is 0 Å². The zero-order chi connectivity index (χ0) is 13.7. The fraction of sp³-hybridized carbons (Fsp3) is 0.556. The van der Waals surface area contributed by atoms with Crippen LogP contribution in [0.25, 0.3) is 0 Å². The van der Waals surface area contributed by atoms with E-state index in [9.17, 15) is 0 Å². The highest BCUT2D eigenvalue weighted by molar-refractivity contribution is 5.46. The van der Waals surface area contributed by atoms with Crippen molar-refractivity contribution >= 4 is 0 Å². The lowest BCUT2D eigenvalue weighted by Crippen LogP contribution is -2.40. The maximum absolute atomic E-state index is 5.65. The molecular weight excluding hydrogens is 230 g/mol. The Bertz CT molecular complexity index is 449. The first kappa shape index (κ1) is 14.2. The van der Waals surface area contributed by atoms with Gasteiger partial charge in [-0.25, -0.2) is 0 Å². The van der Waals surface area contributed by atoms with Crippen molar-refractivity contribution < 1.29 is 0 Å². The molecule has 0 bridgehead atoms. The summed E-state index contributed by atoms with van der Waals surface area (Å²) in [5.41, 5.74) is 4.01. The number of terminal acetylenes is 1. The van der Waals surface area contributed by atoms with Crippen molar-refractivity contribution in [2.24, 2.45) is 0 Å². The number of aryl methyl sites for hydroxylation is 1. The van der Waals surface area contributed by atoms with E-state index in [0.717, 1.165) is 12.0 Å². The topological polar surface area (TPSA) is 3.24 Å². The fourth-order valence-electron chi connectivity index (χ4n) is 3.27. The van der Waals surface area contributed by atoms with Gasteiger partial charge in [0.05, 0.1) is 0 Å². The van der Waals surface area contributed by atoms with Gasteiger partial charge in [0.1, 0.15) is 0 Å². The quantitative estimate of drug-likeness (QED) is 0.726. The summed E-state index contributed by atoms with van der Waals surface area (Å²) in [6, 6.07) is 7.12. The molecule has 1 aliphatic carbocycles. The normalized spacial score (nSPS) is 18.1. The van der Waals surface area contributed by atoms with Gasteiger partial charge in [-0.3, -0.25) is 0 Å². The van der Waals surface area contributed by atoms with Crippen molar-refractivity contribution in [1.82, 2.24) is 4.90 Å². The molecular formula is C18H25N. The number of nitrogens with zero attached hydrogens (tertiary/aromatic N) is 1. The van der Waals surface area contributed by atoms with E-state index in [0.29, 0.717) is 6.04 Å². The van der Waals surface area contributed by atoms with Crippen LogP contribution in [0, 0.1) is 12.3 Å². The van der Waals surface area contributed by atoms with Gasteiger partial charge in [0.15, 0.2) is 0 Å². The highest BCUT2D eigenvalue weighted by Gasteiger charge is 2.24. The van der Waals surface area contributed by atoms with E-state index in [1.807, 2.05) is 0 Å². The third kappa shape index (κ3) is 3.19. The number of hydrogen-bond donors (Lipinski definition) is 0. The van der Waals surface area contributed by atoms with E-state index in [1.165, 1.54) is 49.9 Å². The van der Waals surface area contributed by atoms with Crippen molar-refractivity contribution in [1.29, 1.82) is 0 Å². The first-order valence-electron chi connectivity index (χ1n) is 7.61. The molecule has 1 aromatic carbocycles. The third-order valence-electron chi connectivity index (χ3n) is 4.15. The maximum atomic E-state index is 5.65. The van der Waals surface area contributed by atoms with Gasteiger partial charge in [-0.05, 0) is 62.4 Å². The minimum atomic E-state index is 0.682. The Morgan fingerprint density at radius 3 is 2.63 bits per heavy atom. The van der Waals surface area contributed by atoms with Gasteiger partial charge in [0.25, 0.3) is 0 Å². The molecule has 1 aliphatic rings. The van der Waals surface area contributed by atoms with Crippen LogP contribution in [0.15, 0.2) is 18.2 Å². The average Bonchev–Trinajstić information content (AvgIpc) is 2.46. The molecule has 0 spiro atoms. The van der Waals surface area contributed by atoms with Crippen molar-refractivity contribution in [3.63, 3.8) is 0 Å². The van der Waals surface area contributed by atoms with E-state index in [4.69, 9.17) is 6.42 Å². The van der Waals surface area contributed by atoms with Crippen LogP contribution in [0.5, 0.6) is 0 Å². The average molecular weight is 255 g/mol. The highest BCUT2D eigenvalue weighted by atomic mass is 15.1. The molecule has 0 aromatic heterocycles. The number of benzene rings is 1. The largest absolute Gasteiger partial charge is 0.300 e. The molecule has 0 radical (unpaired) electrons. The second kappa shape index (κ2) is 6.78. The summed E-state index contributed by atoms with van der Waals surface area (Å²) < 4.78 is 0. The molecule has 0 saturated heterocycles. The smallest absolute Gasteiger partial charge is 0.0277 e. The van der Waals surface area contributed by atoms with Crippen molar-refractivity contribution in [2.45, 2.75) is 52.0 Å². The van der Waals surface area contributed by atoms with Crippen molar-refractivity contribution in [2.75, 3.05) is 13.1 Å². The monoisotopic (exact) mass is 255 g/mol. The second-order valence-electron chi connectivity index (χ2n) is 5.52. The number of hydrogen-bond acceptors (Lipinski definition) is 1. The molecule has 0 N–H and O–H groups in total. The van der Waals surface area contributed by atoms with Crippen LogP contribution in [0.2, 0.25) is 0 Å². The first-order chi connectivity index (χ1) is 9.30. The van der Waals surface area contributed by atoms with Gasteiger partial charge < -0.3 is 4.90 Å². The van der Waals surface area contributed by atoms with Crippen LogP contribution in [0.3, 0.4) is 0 Å². The Hall–Kier alpha value is -1.26. The predicted octanol–water partition coefficient (Wildman–Crippen LogP) is 3.65. The lowest BCUT2D eigenvalue weighted by Gasteiger charge is -2.35. The molecule has 102 valence electrons. The van der Waals surface area contributed by atoms with Crippen LogP contribution in [-0.2, 0) is 12.8 Å². The van der Waals surface area contributed by atoms with E-state index in [-0.39, 0.29) is 0 Å². The Kier molecular flexibility index (Phi) is 5.05. The third-order valence-corrected chi connectivity index (χ3v) is 4.15. The highest BCUT2D eigenvalue weighted by Crippen LogP contribution is 2.27. The lowest BCUT2D eigenvalue weighted by atomic mass is 9.84. The molecule has 0 unspecified atom stereocenters. The Labute approximate surface area is 118 Å². The second-order valence-corrected chi connectivity index (χ2v) is 5.52. The van der Waals surface area contributed by atoms with Crippen molar-refractivity contribution in [3.8, 4) is 12.3 Å². The zero-order valence-corrected chi connectivity index (χ0v) is 12.3. The molecule has 0 saturated carbocycles. The molecule has 0 amide bonds. The Morgan fingerprint density at radius 2 is 2.00 bits per heavy atom. The van der Waals surface area contributed by atoms with E-state index >= 15 is 0 Å². The van der Waals surface area contributed by atoms with Crippen molar-refractivity contribution in [3.05, 3.63) is 34.9 Å². The van der Waals surface area contributed by atoms with Gasteiger partial charge in [0.2, 0.25) is 0 Å². The molecule has 1 nitrogen and oxygen atoms in total. The zero-order valence-electron chi connectivity index (χ0n) is 12.3. The van der Waals surface area contributed by atoms with Gasteiger partial charge >= 0.3 is 0 Å². The summed E-state index contributed by atoms with van der Waals surface area (Å²) in [5.74, 6) is 2.86. The maximum Gasteiger partial charge on any atom is 0.0277 e. The van der Waals surface area contributed by atoms with Crippen LogP contribution in [0.1, 0.15) is 49.8 Å². The standard InChI is InChI=1S/C18H25N/c1-4-12-19(13-5-2)17-11-10-16-9-7-8-15(6-3)18(16)14-17/h3,7-9,17H,4-5,10-14H2,1-2H3/t17-/m1/s1. The van der Waals surface area contributed by atoms with Gasteiger partial charge in [-0.1, -0.05) is 31.9 Å². The molecule has 0 aliphatic heterocycles. The Balaban J connectivity index is 2.18. The molecule has 0 fully saturated rings. The van der Waals surface area contributed by atoms with Crippen LogP contribution < -0.4 is 0 Å². The predicted molar refractivity (Wildman–Crippen MR) is 82.3 cm³/mol. The summed E-state index contributed by atoms with van der Waals surface area (Å²) in [4.78, 5) is 2.66. The molecule has 1 atom stereocenters. The van der Waals surface area contributed by atoms with E-state index in [1.54, 1.807) is 0 Å². The Morgan fingerprint density at radius 1 is 1.26 bits per heavy atom. The van der Waals surface area contributed by atoms with E-state index in [2.05, 4.69) is 42.9 Å². The van der Waals surface area contributed by atoms with Gasteiger partial charge in [-0.2, -0.15) is 0 Å². The summed E-state index contributed by atoms with van der Waals surface area (Å²) in [6.45, 7) is 6.97. The van der Waals surface area contributed by atoms with Crippen LogP contribution in [-0.4, -0.2) is 24.0 Å². The minimum Gasteiger partial charge on any atom is -0.300 e. The lowest BCUT2D eigenvalue weighted by molar-refractivity contribution is 0.180. The molecule has 2 rings (SSSR count). The summed E-state index contributed by atoms with van der Waals surface area (Å²) in [6.07, 6.45) is 11.7. The fourth-order valence-corrected chi connectivity index (χ4v) is 3.27. The summed E-state index contributed by atoms with van der Waals surface area (Å²) in [7, 11) is 0. The number of rotatable bonds is 5. The van der Waals surface area contributed by atoms with Crippen LogP contribution in [0.4, 0.5) is 0 Å². The van der Waals surface area contributed by atoms with Gasteiger partial charge in [-0.15, -0.1) is 6.42 Å². The molecule has 19 heavy (non-hydrogen) atoms. The summed E-state index contributed by atoms with van der Waals surface area (Å²) in [5, 5.41) is 0. The van der Waals surface area contributed by atoms with Gasteiger partial charge in [0, 0.05) is 11.6 Å². The molecule has 1 heteroatoms. The SMILES string of the molecule is C#Cc1cccc2c1C[C@H](N(CCC)CCC)CC2. The minimum absolute atomic E-state index is 0.682. The summed E-state index contributed by atoms with van der Waals surface area (Å²) >= 11 is 0. The molecule has 1 aromatic rings. The number of fused-ring (bicyclic) bond motifs is 1. The van der Waals surface area contributed by atoms with Crippen LogP contribution >= 0.6 is 0 Å². The first-order valence-corrected chi connectivity index (χ1v) is 7.61.